The normalized spacial score (nSPS) is 22.1. The van der Waals surface area contributed by atoms with E-state index in [1.54, 1.807) is 0 Å². The number of carbonyl (C=O) groups excluding carboxylic acids is 2. The molecule has 3 N–H and O–H groups in total. The molecule has 16 heavy (non-hydrogen) atoms. The number of carbonyl (C=O) groups is 2. The van der Waals surface area contributed by atoms with Crippen LogP contribution in [0.2, 0.25) is 0 Å². The minimum Gasteiger partial charge on any atom is -0.381 e. The van der Waals surface area contributed by atoms with Gasteiger partial charge in [-0.05, 0) is 18.8 Å². The van der Waals surface area contributed by atoms with Crippen LogP contribution in [-0.2, 0) is 14.3 Å². The standard InChI is InChI=1S/C11H20N2O3/c1-7(2)5-9(10(12)14)13-11(15)8-3-4-16-6-8/h7-9H,3-6H2,1-2H3,(H2,12,14)(H,13,15)/t8-,9-/m0/s1. The van der Waals surface area contributed by atoms with Crippen molar-refractivity contribution >= 4 is 11.8 Å². The Morgan fingerprint density at radius 2 is 2.19 bits per heavy atom. The molecule has 0 aromatic carbocycles. The van der Waals surface area contributed by atoms with Crippen molar-refractivity contribution in [1.29, 1.82) is 0 Å². The molecule has 1 fully saturated rings. The smallest absolute Gasteiger partial charge is 0.240 e. The average molecular weight is 228 g/mol. The van der Waals surface area contributed by atoms with E-state index in [1.165, 1.54) is 0 Å². The first-order chi connectivity index (χ1) is 7.50. The van der Waals surface area contributed by atoms with Gasteiger partial charge in [0.05, 0.1) is 12.5 Å². The average Bonchev–Trinajstić information content (AvgIpc) is 2.68. The highest BCUT2D eigenvalue weighted by atomic mass is 16.5. The molecule has 0 spiro atoms. The van der Waals surface area contributed by atoms with Gasteiger partial charge in [-0.15, -0.1) is 0 Å². The van der Waals surface area contributed by atoms with Crippen LogP contribution in [0.4, 0.5) is 0 Å². The van der Waals surface area contributed by atoms with E-state index in [2.05, 4.69) is 5.32 Å². The Kier molecular flexibility index (Phi) is 4.73. The fourth-order valence-electron chi connectivity index (χ4n) is 1.75. The van der Waals surface area contributed by atoms with E-state index in [0.717, 1.165) is 6.42 Å². The molecule has 0 aliphatic carbocycles. The third-order valence-electron chi connectivity index (χ3n) is 2.67. The van der Waals surface area contributed by atoms with Crippen molar-refractivity contribution < 1.29 is 14.3 Å². The fourth-order valence-corrected chi connectivity index (χ4v) is 1.75. The lowest BCUT2D eigenvalue weighted by Gasteiger charge is -2.19. The predicted molar refractivity (Wildman–Crippen MR) is 59.5 cm³/mol. The summed E-state index contributed by atoms with van der Waals surface area (Å²) in [6, 6.07) is -0.562. The molecule has 1 rings (SSSR count). The van der Waals surface area contributed by atoms with Crippen molar-refractivity contribution in [2.45, 2.75) is 32.7 Å². The van der Waals surface area contributed by atoms with E-state index in [-0.39, 0.29) is 11.8 Å². The summed E-state index contributed by atoms with van der Waals surface area (Å²) >= 11 is 0. The summed E-state index contributed by atoms with van der Waals surface area (Å²) in [6.07, 6.45) is 1.30. The minimum absolute atomic E-state index is 0.123. The summed E-state index contributed by atoms with van der Waals surface area (Å²) in [5.41, 5.74) is 5.25. The van der Waals surface area contributed by atoms with Crippen LogP contribution in [0.15, 0.2) is 0 Å². The van der Waals surface area contributed by atoms with Crippen molar-refractivity contribution in [2.75, 3.05) is 13.2 Å². The summed E-state index contributed by atoms with van der Waals surface area (Å²) in [4.78, 5) is 22.9. The largest absolute Gasteiger partial charge is 0.381 e. The Morgan fingerprint density at radius 1 is 1.50 bits per heavy atom. The molecule has 1 aliphatic heterocycles. The van der Waals surface area contributed by atoms with E-state index in [1.807, 2.05) is 13.8 Å². The highest BCUT2D eigenvalue weighted by Gasteiger charge is 2.27. The Hall–Kier alpha value is -1.10. The molecule has 0 unspecified atom stereocenters. The molecule has 5 heteroatoms. The highest BCUT2D eigenvalue weighted by molar-refractivity contribution is 5.87. The van der Waals surface area contributed by atoms with Gasteiger partial charge >= 0.3 is 0 Å². The maximum absolute atomic E-state index is 11.7. The molecule has 1 aliphatic rings. The fraction of sp³-hybridized carbons (Fsp3) is 0.818. The molecule has 0 aromatic rings. The van der Waals surface area contributed by atoms with Gasteiger partial charge in [0.25, 0.3) is 0 Å². The second-order valence-electron chi connectivity index (χ2n) is 4.65. The molecule has 1 saturated heterocycles. The zero-order valence-corrected chi connectivity index (χ0v) is 9.86. The number of ether oxygens (including phenoxy) is 1. The third kappa shape index (κ3) is 3.81. The summed E-state index contributed by atoms with van der Waals surface area (Å²) < 4.78 is 5.12. The van der Waals surface area contributed by atoms with Crippen molar-refractivity contribution in [3.05, 3.63) is 0 Å². The molecule has 0 aromatic heterocycles. The number of primary amides is 1. The Morgan fingerprint density at radius 3 is 2.62 bits per heavy atom. The summed E-state index contributed by atoms with van der Waals surface area (Å²) in [5.74, 6) is -0.408. The van der Waals surface area contributed by atoms with Crippen molar-refractivity contribution in [1.82, 2.24) is 5.32 Å². The van der Waals surface area contributed by atoms with Gasteiger partial charge in [0.2, 0.25) is 11.8 Å². The van der Waals surface area contributed by atoms with Gasteiger partial charge in [-0.3, -0.25) is 9.59 Å². The molecule has 0 saturated carbocycles. The first-order valence-corrected chi connectivity index (χ1v) is 5.68. The van der Waals surface area contributed by atoms with Gasteiger partial charge < -0.3 is 15.8 Å². The first kappa shape index (κ1) is 13.0. The van der Waals surface area contributed by atoms with Gasteiger partial charge in [-0.25, -0.2) is 0 Å². The number of hydrogen-bond acceptors (Lipinski definition) is 3. The van der Waals surface area contributed by atoms with E-state index in [4.69, 9.17) is 10.5 Å². The molecular formula is C11H20N2O3. The lowest BCUT2D eigenvalue weighted by atomic mass is 10.0. The summed E-state index contributed by atoms with van der Waals surface area (Å²) in [5, 5.41) is 2.70. The van der Waals surface area contributed by atoms with E-state index in [9.17, 15) is 9.59 Å². The van der Waals surface area contributed by atoms with Crippen LogP contribution in [0.1, 0.15) is 26.7 Å². The molecule has 2 atom stereocenters. The second kappa shape index (κ2) is 5.84. The zero-order valence-electron chi connectivity index (χ0n) is 9.86. The lowest BCUT2D eigenvalue weighted by Crippen LogP contribution is -2.47. The first-order valence-electron chi connectivity index (χ1n) is 5.68. The summed E-state index contributed by atoms with van der Waals surface area (Å²) in [7, 11) is 0. The van der Waals surface area contributed by atoms with Gasteiger partial charge in [-0.1, -0.05) is 13.8 Å². The van der Waals surface area contributed by atoms with E-state index >= 15 is 0 Å². The quantitative estimate of drug-likeness (QED) is 0.697. The lowest BCUT2D eigenvalue weighted by molar-refractivity contribution is -0.130. The van der Waals surface area contributed by atoms with Crippen LogP contribution in [-0.4, -0.2) is 31.1 Å². The topological polar surface area (TPSA) is 81.4 Å². The van der Waals surface area contributed by atoms with Gasteiger partial charge in [-0.2, -0.15) is 0 Å². The molecule has 0 radical (unpaired) electrons. The Labute approximate surface area is 95.7 Å². The second-order valence-corrected chi connectivity index (χ2v) is 4.65. The predicted octanol–water partition coefficient (Wildman–Crippen LogP) is 0.0391. The van der Waals surface area contributed by atoms with Gasteiger partial charge in [0.15, 0.2) is 0 Å². The van der Waals surface area contributed by atoms with Crippen LogP contribution in [0, 0.1) is 11.8 Å². The van der Waals surface area contributed by atoms with Crippen molar-refractivity contribution in [3.8, 4) is 0 Å². The number of amides is 2. The molecule has 1 heterocycles. The SMILES string of the molecule is CC(C)C[C@H](NC(=O)[C@H]1CCOC1)C(N)=O. The monoisotopic (exact) mass is 228 g/mol. The number of nitrogens with two attached hydrogens (primary N) is 1. The van der Waals surface area contributed by atoms with E-state index in [0.29, 0.717) is 25.6 Å². The number of nitrogens with one attached hydrogen (secondary N) is 1. The van der Waals surface area contributed by atoms with Gasteiger partial charge in [0, 0.05) is 6.61 Å². The van der Waals surface area contributed by atoms with Crippen LogP contribution in [0.3, 0.4) is 0 Å². The maximum Gasteiger partial charge on any atom is 0.240 e. The molecule has 2 amide bonds. The van der Waals surface area contributed by atoms with E-state index < -0.39 is 11.9 Å². The van der Waals surface area contributed by atoms with Crippen molar-refractivity contribution in [3.63, 3.8) is 0 Å². The van der Waals surface area contributed by atoms with Crippen LogP contribution >= 0.6 is 0 Å². The summed E-state index contributed by atoms with van der Waals surface area (Å²) in [6.45, 7) is 5.03. The van der Waals surface area contributed by atoms with Crippen LogP contribution < -0.4 is 11.1 Å². The minimum atomic E-state index is -0.562. The van der Waals surface area contributed by atoms with Crippen LogP contribution in [0.25, 0.3) is 0 Å². The molecule has 5 nitrogen and oxygen atoms in total. The number of hydrogen-bond donors (Lipinski definition) is 2. The molecule has 0 bridgehead atoms. The molecular weight excluding hydrogens is 208 g/mol. The molecule has 92 valence electrons. The third-order valence-corrected chi connectivity index (χ3v) is 2.67. The van der Waals surface area contributed by atoms with Gasteiger partial charge in [0.1, 0.15) is 6.04 Å². The maximum atomic E-state index is 11.7. The Balaban J connectivity index is 2.47. The van der Waals surface area contributed by atoms with Crippen molar-refractivity contribution in [2.24, 2.45) is 17.6 Å². The zero-order chi connectivity index (χ0) is 12.1. The Bertz CT molecular complexity index is 260. The number of rotatable bonds is 5. The van der Waals surface area contributed by atoms with Crippen LogP contribution in [0.5, 0.6) is 0 Å². The highest BCUT2D eigenvalue weighted by Crippen LogP contribution is 2.13.